The van der Waals surface area contributed by atoms with E-state index in [1.54, 1.807) is 24.0 Å². The van der Waals surface area contributed by atoms with Gasteiger partial charge in [-0.2, -0.15) is 0 Å². The van der Waals surface area contributed by atoms with Gasteiger partial charge in [-0.05, 0) is 42.8 Å². The van der Waals surface area contributed by atoms with E-state index < -0.39 is 11.8 Å². The summed E-state index contributed by atoms with van der Waals surface area (Å²) in [5.41, 5.74) is 1.77. The number of rotatable bonds is 4. The van der Waals surface area contributed by atoms with Gasteiger partial charge in [-0.15, -0.1) is 0 Å². The molecule has 2 heterocycles. The highest BCUT2D eigenvalue weighted by Crippen LogP contribution is 2.41. The Morgan fingerprint density at radius 3 is 2.55 bits per heavy atom. The molecule has 150 valence electrons. The molecule has 1 N–H and O–H groups in total. The third kappa shape index (κ3) is 3.33. The van der Waals surface area contributed by atoms with Gasteiger partial charge in [0.1, 0.15) is 28.5 Å². The van der Waals surface area contributed by atoms with Crippen molar-refractivity contribution in [3.8, 4) is 17.1 Å². The number of carbonyl (C=O) groups excluding carboxylic acids is 1. The van der Waals surface area contributed by atoms with Crippen LogP contribution in [-0.2, 0) is 4.79 Å². The first-order chi connectivity index (χ1) is 13.9. The summed E-state index contributed by atoms with van der Waals surface area (Å²) in [7, 11) is 1.53. The minimum Gasteiger partial charge on any atom is -0.496 e. The summed E-state index contributed by atoms with van der Waals surface area (Å²) in [6.45, 7) is 2.79. The number of methoxy groups -OCH3 is 1. The zero-order chi connectivity index (χ0) is 20.7. The van der Waals surface area contributed by atoms with Crippen LogP contribution in [0.3, 0.4) is 0 Å². The molecule has 1 amide bonds. The van der Waals surface area contributed by atoms with Crippen molar-refractivity contribution in [2.45, 2.75) is 19.3 Å². The second-order valence-electron chi connectivity index (χ2n) is 7.16. The van der Waals surface area contributed by atoms with Crippen molar-refractivity contribution in [3.63, 3.8) is 0 Å². The molecule has 1 aromatic heterocycles. The summed E-state index contributed by atoms with van der Waals surface area (Å²) >= 11 is 0. The lowest BCUT2D eigenvalue weighted by molar-refractivity contribution is -0.127. The predicted molar refractivity (Wildman–Crippen MR) is 105 cm³/mol. The Labute approximate surface area is 166 Å². The van der Waals surface area contributed by atoms with Gasteiger partial charge in [0.15, 0.2) is 0 Å². The maximum Gasteiger partial charge on any atom is 0.340 e. The fourth-order valence-corrected chi connectivity index (χ4v) is 3.95. The summed E-state index contributed by atoms with van der Waals surface area (Å²) in [5.74, 6) is -0.725. The first kappa shape index (κ1) is 19.0. The van der Waals surface area contributed by atoms with E-state index in [9.17, 15) is 19.1 Å². The number of nitrogens with zero attached hydrogens (tertiary/aromatic N) is 1. The number of fused-ring (bicyclic) bond motifs is 1. The maximum absolute atomic E-state index is 13.3. The SMILES string of the molecule is COc1cc2c(C(=O)O)c(-c3ccc(F)cc3)oc2cc1C1CCN(C(C)=O)C1. The molecule has 7 heteroatoms. The molecule has 6 nitrogen and oxygen atoms in total. The van der Waals surface area contributed by atoms with E-state index in [1.807, 2.05) is 0 Å². The zero-order valence-electron chi connectivity index (χ0n) is 16.1. The molecule has 0 aliphatic carbocycles. The van der Waals surface area contributed by atoms with E-state index in [4.69, 9.17) is 9.15 Å². The molecule has 29 heavy (non-hydrogen) atoms. The number of furan rings is 1. The number of halogens is 1. The molecule has 4 rings (SSSR count). The Hall–Kier alpha value is -3.35. The molecule has 0 saturated carbocycles. The van der Waals surface area contributed by atoms with Crippen molar-refractivity contribution in [3.05, 3.63) is 53.3 Å². The second-order valence-corrected chi connectivity index (χ2v) is 7.16. The lowest BCUT2D eigenvalue weighted by Gasteiger charge is -2.16. The molecule has 1 atom stereocenters. The zero-order valence-corrected chi connectivity index (χ0v) is 16.1. The molecule has 1 aliphatic rings. The molecule has 3 aromatic rings. The van der Waals surface area contributed by atoms with E-state index in [0.717, 1.165) is 12.0 Å². The number of hydrogen-bond acceptors (Lipinski definition) is 4. The summed E-state index contributed by atoms with van der Waals surface area (Å²) in [4.78, 5) is 25.4. The first-order valence-electron chi connectivity index (χ1n) is 9.28. The summed E-state index contributed by atoms with van der Waals surface area (Å²) in [5, 5.41) is 10.2. The highest BCUT2D eigenvalue weighted by Gasteiger charge is 2.30. The van der Waals surface area contributed by atoms with E-state index in [0.29, 0.717) is 35.4 Å². The molecule has 0 bridgehead atoms. The Balaban J connectivity index is 1.86. The molecular formula is C22H20FNO5. The van der Waals surface area contributed by atoms with Crippen LogP contribution in [0.5, 0.6) is 5.75 Å². The van der Waals surface area contributed by atoms with Gasteiger partial charge in [0, 0.05) is 42.4 Å². The van der Waals surface area contributed by atoms with Crippen molar-refractivity contribution >= 4 is 22.8 Å². The van der Waals surface area contributed by atoms with Gasteiger partial charge in [0.2, 0.25) is 5.91 Å². The lowest BCUT2D eigenvalue weighted by Crippen LogP contribution is -2.25. The molecular weight excluding hydrogens is 377 g/mol. The Morgan fingerprint density at radius 2 is 1.97 bits per heavy atom. The largest absolute Gasteiger partial charge is 0.496 e. The van der Waals surface area contributed by atoms with Gasteiger partial charge in [0.05, 0.1) is 7.11 Å². The monoisotopic (exact) mass is 397 g/mol. The van der Waals surface area contributed by atoms with Crippen LogP contribution in [0.25, 0.3) is 22.3 Å². The smallest absolute Gasteiger partial charge is 0.340 e. The molecule has 1 fully saturated rings. The minimum atomic E-state index is -1.14. The summed E-state index contributed by atoms with van der Waals surface area (Å²) in [6.07, 6.45) is 0.790. The Kier molecular flexibility index (Phi) is 4.74. The summed E-state index contributed by atoms with van der Waals surface area (Å²) in [6, 6.07) is 8.95. The lowest BCUT2D eigenvalue weighted by atomic mass is 9.95. The highest BCUT2D eigenvalue weighted by molar-refractivity contribution is 6.08. The van der Waals surface area contributed by atoms with Gasteiger partial charge >= 0.3 is 5.97 Å². The topological polar surface area (TPSA) is 80.0 Å². The molecule has 1 aliphatic heterocycles. The van der Waals surface area contributed by atoms with Gasteiger partial charge < -0.3 is 19.2 Å². The number of amides is 1. The van der Waals surface area contributed by atoms with Gasteiger partial charge in [-0.1, -0.05) is 0 Å². The second kappa shape index (κ2) is 7.24. The Bertz CT molecular complexity index is 1100. The summed E-state index contributed by atoms with van der Waals surface area (Å²) < 4.78 is 24.7. The van der Waals surface area contributed by atoms with Crippen LogP contribution < -0.4 is 4.74 Å². The number of carboxylic acid groups (broad SMARTS) is 1. The number of ether oxygens (including phenoxy) is 1. The van der Waals surface area contributed by atoms with Crippen molar-refractivity contribution in [1.29, 1.82) is 0 Å². The number of carboxylic acids is 1. The highest BCUT2D eigenvalue weighted by atomic mass is 19.1. The van der Waals surface area contributed by atoms with Crippen LogP contribution in [0.4, 0.5) is 4.39 Å². The number of hydrogen-bond donors (Lipinski definition) is 1. The number of carbonyl (C=O) groups is 2. The van der Waals surface area contributed by atoms with E-state index in [1.165, 1.54) is 31.4 Å². The molecule has 0 spiro atoms. The number of aromatic carboxylic acids is 1. The fraction of sp³-hybridized carbons (Fsp3) is 0.273. The third-order valence-electron chi connectivity index (χ3n) is 5.43. The van der Waals surface area contributed by atoms with Gasteiger partial charge in [-0.3, -0.25) is 4.79 Å². The van der Waals surface area contributed by atoms with Crippen molar-refractivity contribution in [2.24, 2.45) is 0 Å². The standard InChI is InChI=1S/C22H20FNO5/c1-12(25)24-8-7-14(11-24)16-9-19-17(10-18(16)28-2)20(22(26)27)21(29-19)13-3-5-15(23)6-4-13/h3-6,9-10,14H,7-8,11H2,1-2H3,(H,26,27). The quantitative estimate of drug-likeness (QED) is 0.711. The number of benzene rings is 2. The molecule has 0 radical (unpaired) electrons. The average Bonchev–Trinajstić information content (AvgIpc) is 3.32. The average molecular weight is 397 g/mol. The maximum atomic E-state index is 13.3. The minimum absolute atomic E-state index is 0.00763. The van der Waals surface area contributed by atoms with Crippen LogP contribution in [0.2, 0.25) is 0 Å². The van der Waals surface area contributed by atoms with Crippen molar-refractivity contribution in [1.82, 2.24) is 4.90 Å². The van der Waals surface area contributed by atoms with Crippen LogP contribution in [0, 0.1) is 5.82 Å². The van der Waals surface area contributed by atoms with Crippen LogP contribution >= 0.6 is 0 Å². The third-order valence-corrected chi connectivity index (χ3v) is 5.43. The van der Waals surface area contributed by atoms with E-state index >= 15 is 0 Å². The predicted octanol–water partition coefficient (Wildman–Crippen LogP) is 4.28. The molecule has 1 saturated heterocycles. The van der Waals surface area contributed by atoms with E-state index in [2.05, 4.69) is 0 Å². The molecule has 1 unspecified atom stereocenters. The number of likely N-dealkylation sites (tertiary alicyclic amines) is 1. The van der Waals surface area contributed by atoms with Crippen LogP contribution in [0.1, 0.15) is 35.2 Å². The van der Waals surface area contributed by atoms with Crippen molar-refractivity contribution in [2.75, 3.05) is 20.2 Å². The van der Waals surface area contributed by atoms with Crippen LogP contribution in [0.15, 0.2) is 40.8 Å². The van der Waals surface area contributed by atoms with Crippen LogP contribution in [-0.4, -0.2) is 42.1 Å². The normalized spacial score (nSPS) is 16.4. The van der Waals surface area contributed by atoms with Gasteiger partial charge in [-0.25, -0.2) is 9.18 Å². The first-order valence-corrected chi connectivity index (χ1v) is 9.28. The van der Waals surface area contributed by atoms with Crippen molar-refractivity contribution < 1.29 is 28.2 Å². The Morgan fingerprint density at radius 1 is 1.24 bits per heavy atom. The molecule has 2 aromatic carbocycles. The van der Waals surface area contributed by atoms with E-state index in [-0.39, 0.29) is 23.1 Å². The fourth-order valence-electron chi connectivity index (χ4n) is 3.95. The van der Waals surface area contributed by atoms with Gasteiger partial charge in [0.25, 0.3) is 0 Å².